The fourth-order valence-corrected chi connectivity index (χ4v) is 3.34. The summed E-state index contributed by atoms with van der Waals surface area (Å²) in [7, 11) is 0. The third kappa shape index (κ3) is 5.79. The van der Waals surface area contributed by atoms with Crippen LogP contribution in [0.1, 0.15) is 16.8 Å². The molecule has 0 saturated heterocycles. The second-order valence-corrected chi connectivity index (χ2v) is 6.82. The molecule has 28 heavy (non-hydrogen) atoms. The lowest BCUT2D eigenvalue weighted by Crippen LogP contribution is -2.26. The Hall–Kier alpha value is -2.42. The number of hydrogen-bond acceptors (Lipinski definition) is 6. The highest BCUT2D eigenvalue weighted by molar-refractivity contribution is 8.00. The van der Waals surface area contributed by atoms with E-state index in [4.69, 9.17) is 15.2 Å². The maximum atomic E-state index is 12.3. The summed E-state index contributed by atoms with van der Waals surface area (Å²) in [5.41, 5.74) is 6.63. The summed E-state index contributed by atoms with van der Waals surface area (Å²) in [6, 6.07) is 12.5. The molecule has 0 saturated carbocycles. The van der Waals surface area contributed by atoms with E-state index in [-0.39, 0.29) is 36.8 Å². The van der Waals surface area contributed by atoms with Crippen LogP contribution in [0.3, 0.4) is 0 Å². The van der Waals surface area contributed by atoms with Crippen molar-refractivity contribution in [1.82, 2.24) is 5.32 Å². The molecule has 150 valence electrons. The summed E-state index contributed by atoms with van der Waals surface area (Å²) >= 11 is 1.31. The lowest BCUT2D eigenvalue weighted by molar-refractivity contribution is -0.113. The quantitative estimate of drug-likeness (QED) is 0.445. The first-order valence-corrected chi connectivity index (χ1v) is 9.55. The lowest BCUT2D eigenvalue weighted by atomic mass is 10.2. The van der Waals surface area contributed by atoms with Crippen molar-refractivity contribution in [1.29, 1.82) is 0 Å². The molecule has 0 bridgehead atoms. The van der Waals surface area contributed by atoms with Gasteiger partial charge in [-0.1, -0.05) is 12.1 Å². The first-order chi connectivity index (χ1) is 13.2. The predicted octanol–water partition coefficient (Wildman–Crippen LogP) is 2.65. The van der Waals surface area contributed by atoms with Crippen LogP contribution in [0.25, 0.3) is 0 Å². The lowest BCUT2D eigenvalue weighted by Gasteiger charge is -2.10. The summed E-state index contributed by atoms with van der Waals surface area (Å²) in [5.74, 6) is 1.12. The van der Waals surface area contributed by atoms with Crippen molar-refractivity contribution >= 4 is 41.7 Å². The molecule has 2 aromatic carbocycles. The van der Waals surface area contributed by atoms with Gasteiger partial charge in [0.15, 0.2) is 11.5 Å². The molecule has 0 unspecified atom stereocenters. The van der Waals surface area contributed by atoms with E-state index in [1.807, 2.05) is 12.1 Å². The molecule has 0 fully saturated rings. The van der Waals surface area contributed by atoms with Gasteiger partial charge in [0.1, 0.15) is 0 Å². The Morgan fingerprint density at radius 2 is 1.89 bits per heavy atom. The highest BCUT2D eigenvalue weighted by Crippen LogP contribution is 2.34. The van der Waals surface area contributed by atoms with E-state index in [9.17, 15) is 9.59 Å². The van der Waals surface area contributed by atoms with Crippen molar-refractivity contribution in [3.05, 3.63) is 48.0 Å². The topological polar surface area (TPSA) is 103 Å². The van der Waals surface area contributed by atoms with E-state index < -0.39 is 0 Å². The number of anilines is 1. The van der Waals surface area contributed by atoms with Crippen LogP contribution in [0, 0.1) is 0 Å². The largest absolute Gasteiger partial charge is 0.454 e. The van der Waals surface area contributed by atoms with Crippen molar-refractivity contribution in [2.24, 2.45) is 5.73 Å². The second-order valence-electron chi connectivity index (χ2n) is 5.80. The molecule has 2 amide bonds. The van der Waals surface area contributed by atoms with Crippen LogP contribution in [-0.2, 0) is 4.79 Å². The van der Waals surface area contributed by atoms with Crippen LogP contribution < -0.4 is 25.8 Å². The Bertz CT molecular complexity index is 835. The molecule has 7 nitrogen and oxygen atoms in total. The Morgan fingerprint density at radius 3 is 2.71 bits per heavy atom. The average Bonchev–Trinajstić information content (AvgIpc) is 3.14. The summed E-state index contributed by atoms with van der Waals surface area (Å²) < 4.78 is 10.6. The van der Waals surface area contributed by atoms with Gasteiger partial charge in [0.05, 0.1) is 11.3 Å². The molecule has 9 heteroatoms. The van der Waals surface area contributed by atoms with Crippen LogP contribution >= 0.6 is 24.2 Å². The van der Waals surface area contributed by atoms with Gasteiger partial charge in [-0.3, -0.25) is 9.59 Å². The van der Waals surface area contributed by atoms with Crippen LogP contribution in [0.4, 0.5) is 5.69 Å². The molecule has 0 radical (unpaired) electrons. The molecule has 4 N–H and O–H groups in total. The van der Waals surface area contributed by atoms with E-state index in [0.29, 0.717) is 35.8 Å². The van der Waals surface area contributed by atoms with Gasteiger partial charge in [-0.25, -0.2) is 0 Å². The zero-order chi connectivity index (χ0) is 19.1. The minimum atomic E-state index is -0.169. The number of ether oxygens (including phenoxy) is 2. The monoisotopic (exact) mass is 423 g/mol. The standard InChI is InChI=1S/C19H21N3O4S.ClH/c20-8-3-9-21-19(24)14-4-1-2-5-17(14)27-11-18(23)22-13-6-7-15-16(10-13)26-12-25-15;/h1-2,4-7,10H,3,8-9,11-12,20H2,(H,21,24)(H,22,23);1H. The number of fused-ring (bicyclic) bond motifs is 1. The zero-order valence-corrected chi connectivity index (χ0v) is 16.7. The summed E-state index contributed by atoms with van der Waals surface area (Å²) in [6.07, 6.45) is 0.721. The maximum absolute atomic E-state index is 12.3. The van der Waals surface area contributed by atoms with E-state index in [0.717, 1.165) is 11.3 Å². The van der Waals surface area contributed by atoms with Crippen LogP contribution in [0.5, 0.6) is 11.5 Å². The van der Waals surface area contributed by atoms with Crippen molar-refractivity contribution in [2.75, 3.05) is 31.0 Å². The fourth-order valence-electron chi connectivity index (χ4n) is 2.49. The van der Waals surface area contributed by atoms with Crippen molar-refractivity contribution in [3.8, 4) is 11.5 Å². The number of carbonyl (C=O) groups is 2. The minimum Gasteiger partial charge on any atom is -0.454 e. The van der Waals surface area contributed by atoms with E-state index >= 15 is 0 Å². The number of benzene rings is 2. The number of nitrogens with one attached hydrogen (secondary N) is 2. The first-order valence-electron chi connectivity index (χ1n) is 8.57. The summed E-state index contributed by atoms with van der Waals surface area (Å²) in [4.78, 5) is 25.3. The maximum Gasteiger partial charge on any atom is 0.252 e. The smallest absolute Gasteiger partial charge is 0.252 e. The molecule has 1 heterocycles. The number of rotatable bonds is 8. The first kappa shape index (κ1) is 21.9. The zero-order valence-electron chi connectivity index (χ0n) is 15.1. The summed E-state index contributed by atoms with van der Waals surface area (Å²) in [5, 5.41) is 5.66. The molecule has 1 aliphatic rings. The number of hydrogen-bond donors (Lipinski definition) is 3. The van der Waals surface area contributed by atoms with Crippen molar-refractivity contribution in [3.63, 3.8) is 0 Å². The molecular weight excluding hydrogens is 402 g/mol. The van der Waals surface area contributed by atoms with Gasteiger partial charge in [-0.15, -0.1) is 24.2 Å². The average molecular weight is 424 g/mol. The highest BCUT2D eigenvalue weighted by atomic mass is 35.5. The molecule has 1 aliphatic heterocycles. The van der Waals surface area contributed by atoms with E-state index in [1.54, 1.807) is 30.3 Å². The third-order valence-corrected chi connectivity index (χ3v) is 4.89. The molecule has 3 rings (SSSR count). The van der Waals surface area contributed by atoms with Crippen LogP contribution in [0.2, 0.25) is 0 Å². The van der Waals surface area contributed by atoms with Gasteiger partial charge in [-0.05, 0) is 37.2 Å². The molecule has 0 atom stereocenters. The van der Waals surface area contributed by atoms with E-state index in [2.05, 4.69) is 10.6 Å². The van der Waals surface area contributed by atoms with Crippen molar-refractivity contribution in [2.45, 2.75) is 11.3 Å². The van der Waals surface area contributed by atoms with Gasteiger partial charge in [-0.2, -0.15) is 0 Å². The van der Waals surface area contributed by atoms with Crippen LogP contribution in [0.15, 0.2) is 47.4 Å². The molecule has 0 aromatic heterocycles. The molecule has 2 aromatic rings. The second kappa shape index (κ2) is 10.8. The highest BCUT2D eigenvalue weighted by Gasteiger charge is 2.15. The van der Waals surface area contributed by atoms with E-state index in [1.165, 1.54) is 11.8 Å². The Balaban J connectivity index is 0.00000280. The molecular formula is C19H22ClN3O4S. The van der Waals surface area contributed by atoms with Gasteiger partial charge in [0.25, 0.3) is 5.91 Å². The Labute approximate surface area is 173 Å². The SMILES string of the molecule is Cl.NCCCNC(=O)c1ccccc1SCC(=O)Nc1ccc2c(c1)OCO2. The number of thioether (sulfide) groups is 1. The predicted molar refractivity (Wildman–Crippen MR) is 112 cm³/mol. The Kier molecular flexibility index (Phi) is 8.43. The fraction of sp³-hybridized carbons (Fsp3) is 0.263. The van der Waals surface area contributed by atoms with Gasteiger partial charge < -0.3 is 25.8 Å². The number of amides is 2. The number of nitrogens with two attached hydrogens (primary N) is 1. The Morgan fingerprint density at radius 1 is 1.11 bits per heavy atom. The van der Waals surface area contributed by atoms with Crippen molar-refractivity contribution < 1.29 is 19.1 Å². The van der Waals surface area contributed by atoms with Gasteiger partial charge >= 0.3 is 0 Å². The third-order valence-electron chi connectivity index (χ3n) is 3.81. The van der Waals surface area contributed by atoms with Gasteiger partial charge in [0.2, 0.25) is 12.7 Å². The number of halogens is 1. The van der Waals surface area contributed by atoms with Crippen LogP contribution in [-0.4, -0.2) is 37.4 Å². The molecule has 0 spiro atoms. The normalized spacial score (nSPS) is 11.5. The summed E-state index contributed by atoms with van der Waals surface area (Å²) in [6.45, 7) is 1.24. The number of carbonyl (C=O) groups excluding carboxylic acids is 2. The van der Waals surface area contributed by atoms with Gasteiger partial charge in [0, 0.05) is 23.2 Å². The molecule has 0 aliphatic carbocycles. The minimum absolute atomic E-state index is 0.